The number of ether oxygens (including phenoxy) is 2. The van der Waals surface area contributed by atoms with Crippen molar-refractivity contribution in [3.8, 4) is 0 Å². The van der Waals surface area contributed by atoms with Crippen LogP contribution in [0.5, 0.6) is 0 Å². The van der Waals surface area contributed by atoms with Gasteiger partial charge in [0.1, 0.15) is 5.60 Å². The summed E-state index contributed by atoms with van der Waals surface area (Å²) in [7, 11) is 1.33. The number of methoxy groups -OCH3 is 1. The Balaban J connectivity index is 3.66. The van der Waals surface area contributed by atoms with Gasteiger partial charge in [0.05, 0.1) is 13.5 Å². The Morgan fingerprint density at radius 1 is 1.25 bits per heavy atom. The summed E-state index contributed by atoms with van der Waals surface area (Å²) in [5.74, 6) is -0.312. The zero-order chi connectivity index (χ0) is 12.6. The normalized spacial score (nSPS) is 11.2. The second-order valence-electron chi connectivity index (χ2n) is 4.13. The van der Waals surface area contributed by atoms with Gasteiger partial charge < -0.3 is 14.8 Å². The molecule has 0 aromatic rings. The number of nitrogens with one attached hydrogen (secondary N) is 1. The van der Waals surface area contributed by atoms with Gasteiger partial charge in [-0.15, -0.1) is 0 Å². The van der Waals surface area contributed by atoms with Crippen molar-refractivity contribution in [1.82, 2.24) is 5.32 Å². The summed E-state index contributed by atoms with van der Waals surface area (Å²) in [6.45, 7) is 5.70. The Hall–Kier alpha value is -1.52. The van der Waals surface area contributed by atoms with E-state index in [2.05, 4.69) is 10.1 Å². The van der Waals surface area contributed by atoms with Crippen LogP contribution in [0, 0.1) is 0 Å². The maximum atomic E-state index is 11.2. The first-order valence-corrected chi connectivity index (χ1v) is 5.04. The van der Waals surface area contributed by atoms with Gasteiger partial charge in [-0.25, -0.2) is 4.79 Å². The monoisotopic (exact) mass is 229 g/mol. The average molecular weight is 229 g/mol. The molecule has 0 atom stereocenters. The third kappa shape index (κ3) is 9.05. The lowest BCUT2D eigenvalue weighted by Gasteiger charge is -2.19. The van der Waals surface area contributed by atoms with Gasteiger partial charge in [0, 0.05) is 6.54 Å². The standard InChI is InChI=1S/C11H19NO4/c1-11(2,3)16-10(14)12-8-6-5-7-9(13)15-4/h5-6H,7-8H2,1-4H3,(H,12,14)/b6-5+. The Kier molecular flexibility index (Phi) is 6.22. The van der Waals surface area contributed by atoms with Crippen LogP contribution in [0.4, 0.5) is 4.79 Å². The molecular formula is C11H19NO4. The molecule has 0 aliphatic carbocycles. The van der Waals surface area contributed by atoms with Gasteiger partial charge >= 0.3 is 12.1 Å². The first-order chi connectivity index (χ1) is 7.35. The average Bonchev–Trinajstić information content (AvgIpc) is 2.14. The van der Waals surface area contributed by atoms with E-state index in [4.69, 9.17) is 4.74 Å². The van der Waals surface area contributed by atoms with Gasteiger partial charge in [0.2, 0.25) is 0 Å². The van der Waals surface area contributed by atoms with E-state index < -0.39 is 11.7 Å². The second kappa shape index (κ2) is 6.87. The Morgan fingerprint density at radius 3 is 2.38 bits per heavy atom. The number of amides is 1. The minimum atomic E-state index is -0.500. The predicted octanol–water partition coefficient (Wildman–Crippen LogP) is 1.63. The fraction of sp³-hybridized carbons (Fsp3) is 0.636. The molecule has 0 heterocycles. The maximum absolute atomic E-state index is 11.2. The molecule has 5 heteroatoms. The first kappa shape index (κ1) is 14.5. The molecule has 0 spiro atoms. The zero-order valence-electron chi connectivity index (χ0n) is 10.2. The number of esters is 1. The minimum Gasteiger partial charge on any atom is -0.469 e. The number of hydrogen-bond donors (Lipinski definition) is 1. The number of carbonyl (C=O) groups excluding carboxylic acids is 2. The smallest absolute Gasteiger partial charge is 0.407 e. The largest absolute Gasteiger partial charge is 0.469 e. The highest BCUT2D eigenvalue weighted by molar-refractivity contribution is 5.71. The highest BCUT2D eigenvalue weighted by Gasteiger charge is 2.14. The topological polar surface area (TPSA) is 64.6 Å². The molecule has 92 valence electrons. The van der Waals surface area contributed by atoms with Crippen molar-refractivity contribution < 1.29 is 19.1 Å². The fourth-order valence-electron chi connectivity index (χ4n) is 0.803. The summed E-state index contributed by atoms with van der Waals surface area (Å²) < 4.78 is 9.45. The zero-order valence-corrected chi connectivity index (χ0v) is 10.2. The Bertz CT molecular complexity index is 266. The van der Waals surface area contributed by atoms with Crippen molar-refractivity contribution in [2.45, 2.75) is 32.8 Å². The number of rotatable bonds is 4. The van der Waals surface area contributed by atoms with E-state index in [0.717, 1.165) is 0 Å². The van der Waals surface area contributed by atoms with Gasteiger partial charge in [-0.3, -0.25) is 4.79 Å². The van der Waals surface area contributed by atoms with Crippen molar-refractivity contribution in [3.63, 3.8) is 0 Å². The molecule has 0 aromatic heterocycles. The molecule has 0 saturated heterocycles. The summed E-state index contributed by atoms with van der Waals surface area (Å²) in [5.41, 5.74) is -0.500. The summed E-state index contributed by atoms with van der Waals surface area (Å²) in [6.07, 6.45) is 3.02. The molecule has 0 fully saturated rings. The van der Waals surface area contributed by atoms with Gasteiger partial charge in [0.15, 0.2) is 0 Å². The highest BCUT2D eigenvalue weighted by atomic mass is 16.6. The van der Waals surface area contributed by atoms with Gasteiger partial charge in [-0.05, 0) is 20.8 Å². The summed E-state index contributed by atoms with van der Waals surface area (Å²) >= 11 is 0. The van der Waals surface area contributed by atoms with Crippen molar-refractivity contribution in [3.05, 3.63) is 12.2 Å². The molecule has 16 heavy (non-hydrogen) atoms. The molecule has 1 amide bonds. The van der Waals surface area contributed by atoms with E-state index in [1.807, 2.05) is 0 Å². The van der Waals surface area contributed by atoms with Crippen LogP contribution in [0.1, 0.15) is 27.2 Å². The maximum Gasteiger partial charge on any atom is 0.407 e. The summed E-state index contributed by atoms with van der Waals surface area (Å²) in [4.78, 5) is 21.9. The number of carbonyl (C=O) groups is 2. The van der Waals surface area contributed by atoms with Crippen molar-refractivity contribution in [1.29, 1.82) is 0 Å². The molecule has 0 saturated carbocycles. The second-order valence-corrected chi connectivity index (χ2v) is 4.13. The quantitative estimate of drug-likeness (QED) is 0.588. The van der Waals surface area contributed by atoms with Gasteiger partial charge in [0.25, 0.3) is 0 Å². The molecule has 0 aromatic carbocycles. The van der Waals surface area contributed by atoms with Crippen LogP contribution < -0.4 is 5.32 Å². The van der Waals surface area contributed by atoms with E-state index >= 15 is 0 Å². The molecule has 0 rings (SSSR count). The summed E-state index contributed by atoms with van der Waals surface area (Å²) in [6, 6.07) is 0. The molecular weight excluding hydrogens is 210 g/mol. The van der Waals surface area contributed by atoms with Crippen molar-refractivity contribution in [2.75, 3.05) is 13.7 Å². The molecule has 0 radical (unpaired) electrons. The first-order valence-electron chi connectivity index (χ1n) is 5.04. The SMILES string of the molecule is COC(=O)C/C=C/CNC(=O)OC(C)(C)C. The predicted molar refractivity (Wildman–Crippen MR) is 60.0 cm³/mol. The lowest BCUT2D eigenvalue weighted by molar-refractivity contribution is -0.139. The van der Waals surface area contributed by atoms with Crippen LogP contribution >= 0.6 is 0 Å². The minimum absolute atomic E-state index is 0.201. The van der Waals surface area contributed by atoms with Crippen LogP contribution in [-0.2, 0) is 14.3 Å². The third-order valence-corrected chi connectivity index (χ3v) is 1.44. The molecule has 0 aliphatic rings. The van der Waals surface area contributed by atoms with Gasteiger partial charge in [-0.1, -0.05) is 12.2 Å². The van der Waals surface area contributed by atoms with E-state index in [0.29, 0.717) is 6.54 Å². The lowest BCUT2D eigenvalue weighted by atomic mass is 10.2. The van der Waals surface area contributed by atoms with Crippen LogP contribution in [0.3, 0.4) is 0 Å². The van der Waals surface area contributed by atoms with Crippen LogP contribution in [0.2, 0.25) is 0 Å². The fourth-order valence-corrected chi connectivity index (χ4v) is 0.803. The van der Waals surface area contributed by atoms with Crippen molar-refractivity contribution in [2.24, 2.45) is 0 Å². The van der Waals surface area contributed by atoms with Crippen LogP contribution in [-0.4, -0.2) is 31.3 Å². The molecule has 5 nitrogen and oxygen atoms in total. The van der Waals surface area contributed by atoms with E-state index in [1.165, 1.54) is 7.11 Å². The lowest BCUT2D eigenvalue weighted by Crippen LogP contribution is -2.32. The van der Waals surface area contributed by atoms with Crippen LogP contribution in [0.15, 0.2) is 12.2 Å². The van der Waals surface area contributed by atoms with E-state index in [-0.39, 0.29) is 12.4 Å². The molecule has 1 N–H and O–H groups in total. The highest BCUT2D eigenvalue weighted by Crippen LogP contribution is 2.06. The Labute approximate surface area is 95.8 Å². The summed E-state index contributed by atoms with van der Waals surface area (Å²) in [5, 5.41) is 2.53. The Morgan fingerprint density at radius 2 is 1.88 bits per heavy atom. The van der Waals surface area contributed by atoms with Gasteiger partial charge in [-0.2, -0.15) is 0 Å². The molecule has 0 aliphatic heterocycles. The van der Waals surface area contributed by atoms with E-state index in [1.54, 1.807) is 32.9 Å². The third-order valence-electron chi connectivity index (χ3n) is 1.44. The molecule has 0 bridgehead atoms. The van der Waals surface area contributed by atoms with Crippen molar-refractivity contribution >= 4 is 12.1 Å². The van der Waals surface area contributed by atoms with E-state index in [9.17, 15) is 9.59 Å². The number of alkyl carbamates (subject to hydrolysis) is 1. The van der Waals surface area contributed by atoms with Crippen LogP contribution in [0.25, 0.3) is 0 Å². The number of hydrogen-bond acceptors (Lipinski definition) is 4. The molecule has 0 unspecified atom stereocenters.